The van der Waals surface area contributed by atoms with Crippen LogP contribution in [0.5, 0.6) is 0 Å². The van der Waals surface area contributed by atoms with Gasteiger partial charge in [0.2, 0.25) is 0 Å². The summed E-state index contributed by atoms with van der Waals surface area (Å²) in [4.78, 5) is 20.8. The van der Waals surface area contributed by atoms with Gasteiger partial charge >= 0.3 is 5.97 Å². The molecule has 1 aliphatic heterocycles. The Balaban J connectivity index is 2.58. The van der Waals surface area contributed by atoms with Crippen molar-refractivity contribution < 1.29 is 9.90 Å². The first kappa shape index (κ1) is 9.95. The summed E-state index contributed by atoms with van der Waals surface area (Å²) in [5.41, 5.74) is -0.290. The van der Waals surface area contributed by atoms with Crippen molar-refractivity contribution in [3.05, 3.63) is 4.91 Å². The molecule has 1 saturated heterocycles. The highest BCUT2D eigenvalue weighted by Crippen LogP contribution is 2.34. The van der Waals surface area contributed by atoms with Gasteiger partial charge in [-0.15, -0.1) is 4.91 Å². The van der Waals surface area contributed by atoms with Crippen LogP contribution in [0.4, 0.5) is 0 Å². The lowest BCUT2D eigenvalue weighted by Crippen LogP contribution is -2.33. The predicted octanol–water partition coefficient (Wildman–Crippen LogP) is 1.24. The summed E-state index contributed by atoms with van der Waals surface area (Å²) in [6.45, 7) is 4.26. The van der Waals surface area contributed by atoms with E-state index in [0.717, 1.165) is 0 Å². The third kappa shape index (κ3) is 2.17. The van der Waals surface area contributed by atoms with Gasteiger partial charge in [-0.3, -0.25) is 9.80 Å². The highest BCUT2D eigenvalue weighted by Gasteiger charge is 2.39. The number of carboxylic acids is 1. The second-order valence-corrected chi connectivity index (χ2v) is 4.14. The second kappa shape index (κ2) is 3.32. The van der Waals surface area contributed by atoms with E-state index in [4.69, 9.17) is 5.11 Å². The maximum atomic E-state index is 10.4. The molecule has 0 amide bonds. The average molecular weight is 186 g/mol. The van der Waals surface area contributed by atoms with E-state index in [1.54, 1.807) is 0 Å². The van der Waals surface area contributed by atoms with Gasteiger partial charge in [0.15, 0.2) is 0 Å². The van der Waals surface area contributed by atoms with Crippen LogP contribution in [0.25, 0.3) is 0 Å². The molecule has 13 heavy (non-hydrogen) atoms. The number of rotatable bonds is 3. The van der Waals surface area contributed by atoms with Gasteiger partial charge in [-0.1, -0.05) is 0 Å². The highest BCUT2D eigenvalue weighted by molar-refractivity contribution is 5.67. The van der Waals surface area contributed by atoms with Crippen molar-refractivity contribution in [2.75, 3.05) is 6.54 Å². The molecule has 1 N–H and O–H groups in total. The van der Waals surface area contributed by atoms with Crippen molar-refractivity contribution in [3.8, 4) is 0 Å². The minimum Gasteiger partial charge on any atom is -0.481 e. The Labute approximate surface area is 76.7 Å². The van der Waals surface area contributed by atoms with E-state index in [0.29, 0.717) is 13.0 Å². The van der Waals surface area contributed by atoms with Crippen LogP contribution in [-0.2, 0) is 4.79 Å². The second-order valence-electron chi connectivity index (χ2n) is 4.14. The zero-order chi connectivity index (χ0) is 10.1. The minimum absolute atomic E-state index is 0.0465. The number of nitroso groups, excluding NO2 is 1. The van der Waals surface area contributed by atoms with Crippen molar-refractivity contribution in [2.24, 2.45) is 11.2 Å². The van der Waals surface area contributed by atoms with E-state index in [9.17, 15) is 9.70 Å². The van der Waals surface area contributed by atoms with Crippen molar-refractivity contribution in [3.63, 3.8) is 0 Å². The molecule has 0 aromatic carbocycles. The third-order valence-electron chi connectivity index (χ3n) is 2.48. The summed E-state index contributed by atoms with van der Waals surface area (Å²) < 4.78 is 0. The molecule has 0 aromatic heterocycles. The van der Waals surface area contributed by atoms with Crippen LogP contribution in [0.1, 0.15) is 26.7 Å². The fourth-order valence-electron chi connectivity index (χ4n) is 1.90. The van der Waals surface area contributed by atoms with Gasteiger partial charge in [-0.2, -0.15) is 0 Å². The van der Waals surface area contributed by atoms with Gasteiger partial charge in [0.05, 0.1) is 10.8 Å². The van der Waals surface area contributed by atoms with Gasteiger partial charge in [0.1, 0.15) is 0 Å². The molecule has 0 radical (unpaired) electrons. The lowest BCUT2D eigenvalue weighted by atomic mass is 9.95. The first-order chi connectivity index (χ1) is 5.95. The molecule has 1 heterocycles. The summed E-state index contributed by atoms with van der Waals surface area (Å²) in [6.07, 6.45) is 0.834. The standard InChI is InChI=1S/C8H14N2O3/c1-8(2)4-6(3-7(11)12)5-10(8)9-13/h6H,3-5H2,1-2H3,(H,11,12). The van der Waals surface area contributed by atoms with Gasteiger partial charge < -0.3 is 5.11 Å². The van der Waals surface area contributed by atoms with Crippen LogP contribution in [0.3, 0.4) is 0 Å². The summed E-state index contributed by atoms with van der Waals surface area (Å²) in [5.74, 6) is -0.765. The normalized spacial score (nSPS) is 26.0. The van der Waals surface area contributed by atoms with Crippen molar-refractivity contribution in [1.82, 2.24) is 5.01 Å². The molecule has 0 bridgehead atoms. The largest absolute Gasteiger partial charge is 0.481 e. The summed E-state index contributed by atoms with van der Waals surface area (Å²) in [7, 11) is 0. The summed E-state index contributed by atoms with van der Waals surface area (Å²) >= 11 is 0. The third-order valence-corrected chi connectivity index (χ3v) is 2.48. The fourth-order valence-corrected chi connectivity index (χ4v) is 1.90. The molecule has 1 unspecified atom stereocenters. The van der Waals surface area contributed by atoms with E-state index >= 15 is 0 Å². The molecule has 5 heteroatoms. The van der Waals surface area contributed by atoms with Crippen LogP contribution in [0.15, 0.2) is 5.29 Å². The number of nitrogens with zero attached hydrogens (tertiary/aromatic N) is 2. The Bertz CT molecular complexity index is 227. The number of aliphatic carboxylic acids is 1. The molecule has 0 saturated carbocycles. The maximum absolute atomic E-state index is 10.4. The summed E-state index contributed by atoms with van der Waals surface area (Å²) in [5, 5.41) is 12.9. The van der Waals surface area contributed by atoms with Crippen LogP contribution in [0, 0.1) is 10.8 Å². The number of hydrogen-bond donors (Lipinski definition) is 1. The average Bonchev–Trinajstić information content (AvgIpc) is 2.23. The quantitative estimate of drug-likeness (QED) is 0.673. The molecule has 1 fully saturated rings. The zero-order valence-electron chi connectivity index (χ0n) is 7.86. The molecule has 0 aromatic rings. The van der Waals surface area contributed by atoms with Gasteiger partial charge in [0, 0.05) is 13.0 Å². The van der Waals surface area contributed by atoms with Crippen LogP contribution >= 0.6 is 0 Å². The first-order valence-corrected chi connectivity index (χ1v) is 4.28. The van der Waals surface area contributed by atoms with E-state index in [1.165, 1.54) is 5.01 Å². The topological polar surface area (TPSA) is 70.0 Å². The zero-order valence-corrected chi connectivity index (χ0v) is 7.86. The molecule has 1 aliphatic rings. The Morgan fingerprint density at radius 1 is 1.69 bits per heavy atom. The Hall–Kier alpha value is -1.13. The fraction of sp³-hybridized carbons (Fsp3) is 0.875. The van der Waals surface area contributed by atoms with Crippen molar-refractivity contribution in [2.45, 2.75) is 32.2 Å². The number of carboxylic acid groups (broad SMARTS) is 1. The molecule has 74 valence electrons. The first-order valence-electron chi connectivity index (χ1n) is 4.28. The SMILES string of the molecule is CC1(C)CC(CC(=O)O)CN1N=O. The number of hydrogen-bond acceptors (Lipinski definition) is 3. The van der Waals surface area contributed by atoms with Crippen LogP contribution < -0.4 is 0 Å². The minimum atomic E-state index is -0.812. The molecular weight excluding hydrogens is 172 g/mol. The Morgan fingerprint density at radius 3 is 2.69 bits per heavy atom. The monoisotopic (exact) mass is 186 g/mol. The lowest BCUT2D eigenvalue weighted by molar-refractivity contribution is -0.138. The van der Waals surface area contributed by atoms with Crippen LogP contribution in [0.2, 0.25) is 0 Å². The van der Waals surface area contributed by atoms with E-state index in [2.05, 4.69) is 5.29 Å². The molecule has 5 nitrogen and oxygen atoms in total. The Morgan fingerprint density at radius 2 is 2.31 bits per heavy atom. The molecule has 1 atom stereocenters. The van der Waals surface area contributed by atoms with Crippen molar-refractivity contribution >= 4 is 5.97 Å². The van der Waals surface area contributed by atoms with Gasteiger partial charge in [-0.25, -0.2) is 0 Å². The lowest BCUT2D eigenvalue weighted by Gasteiger charge is -2.24. The predicted molar refractivity (Wildman–Crippen MR) is 46.9 cm³/mol. The molecule has 0 spiro atoms. The molecular formula is C8H14N2O3. The van der Waals surface area contributed by atoms with E-state index in [1.807, 2.05) is 13.8 Å². The number of carbonyl (C=O) groups is 1. The van der Waals surface area contributed by atoms with Crippen LogP contribution in [-0.4, -0.2) is 28.2 Å². The van der Waals surface area contributed by atoms with Gasteiger partial charge in [0.25, 0.3) is 0 Å². The van der Waals surface area contributed by atoms with E-state index in [-0.39, 0.29) is 17.9 Å². The molecule has 0 aliphatic carbocycles. The highest BCUT2D eigenvalue weighted by atomic mass is 16.4. The Kier molecular flexibility index (Phi) is 2.54. The maximum Gasteiger partial charge on any atom is 0.303 e. The molecule has 1 rings (SSSR count). The van der Waals surface area contributed by atoms with E-state index < -0.39 is 5.97 Å². The van der Waals surface area contributed by atoms with Gasteiger partial charge in [-0.05, 0) is 26.2 Å². The smallest absolute Gasteiger partial charge is 0.303 e. The van der Waals surface area contributed by atoms with Crippen molar-refractivity contribution in [1.29, 1.82) is 0 Å². The summed E-state index contributed by atoms with van der Waals surface area (Å²) in [6, 6.07) is 0.